The van der Waals surface area contributed by atoms with E-state index in [4.69, 9.17) is 0 Å². The monoisotopic (exact) mass is 223 g/mol. The van der Waals surface area contributed by atoms with Gasteiger partial charge in [-0.2, -0.15) is 12.6 Å². The molecule has 82 valence electrons. The van der Waals surface area contributed by atoms with Crippen molar-refractivity contribution in [2.75, 3.05) is 5.32 Å². The van der Waals surface area contributed by atoms with Crippen LogP contribution < -0.4 is 5.32 Å². The molecule has 0 aromatic heterocycles. The van der Waals surface area contributed by atoms with Gasteiger partial charge in [0, 0.05) is 5.69 Å². The fourth-order valence-electron chi connectivity index (χ4n) is 1.23. The molecule has 0 spiro atoms. The fraction of sp³-hybridized carbons (Fsp3) is 0.417. The van der Waals surface area contributed by atoms with Gasteiger partial charge in [-0.1, -0.05) is 26.0 Å². The second kappa shape index (κ2) is 5.81. The summed E-state index contributed by atoms with van der Waals surface area (Å²) in [7, 11) is 0. The number of aryl methyl sites for hydroxylation is 1. The van der Waals surface area contributed by atoms with Gasteiger partial charge in [0.05, 0.1) is 5.25 Å². The Labute approximate surface area is 96.5 Å². The highest BCUT2D eigenvalue weighted by Gasteiger charge is 2.10. The highest BCUT2D eigenvalue weighted by atomic mass is 32.1. The number of nitrogens with one attached hydrogen (secondary N) is 1. The maximum absolute atomic E-state index is 11.5. The van der Waals surface area contributed by atoms with Crippen LogP contribution in [0.5, 0.6) is 0 Å². The summed E-state index contributed by atoms with van der Waals surface area (Å²) in [4.78, 5) is 11.5. The van der Waals surface area contributed by atoms with E-state index >= 15 is 0 Å². The first-order valence-corrected chi connectivity index (χ1v) is 5.76. The quantitative estimate of drug-likeness (QED) is 0.755. The number of benzene rings is 1. The van der Waals surface area contributed by atoms with Gasteiger partial charge < -0.3 is 5.32 Å². The zero-order chi connectivity index (χ0) is 11.3. The minimum absolute atomic E-state index is 0.0370. The predicted octanol–water partition coefficient (Wildman–Crippen LogP) is 2.90. The second-order valence-electron chi connectivity index (χ2n) is 3.46. The van der Waals surface area contributed by atoms with E-state index < -0.39 is 0 Å². The summed E-state index contributed by atoms with van der Waals surface area (Å²) in [6.07, 6.45) is 1.75. The lowest BCUT2D eigenvalue weighted by molar-refractivity contribution is -0.115. The molecule has 1 rings (SSSR count). The highest BCUT2D eigenvalue weighted by molar-refractivity contribution is 7.81. The summed E-state index contributed by atoms with van der Waals surface area (Å²) < 4.78 is 0. The molecule has 1 atom stereocenters. The molecular formula is C12H17NOS. The zero-order valence-corrected chi connectivity index (χ0v) is 10.1. The number of anilines is 1. The number of thiol groups is 1. The summed E-state index contributed by atoms with van der Waals surface area (Å²) in [5.74, 6) is -0.0370. The summed E-state index contributed by atoms with van der Waals surface area (Å²) >= 11 is 4.18. The third kappa shape index (κ3) is 3.59. The van der Waals surface area contributed by atoms with Crippen LogP contribution >= 0.6 is 12.6 Å². The minimum Gasteiger partial charge on any atom is -0.325 e. The molecule has 0 aliphatic heterocycles. The van der Waals surface area contributed by atoms with Crippen molar-refractivity contribution in [1.29, 1.82) is 0 Å². The highest BCUT2D eigenvalue weighted by Crippen LogP contribution is 2.12. The van der Waals surface area contributed by atoms with Crippen LogP contribution in [0.2, 0.25) is 0 Å². The third-order valence-corrected chi connectivity index (χ3v) is 2.92. The van der Waals surface area contributed by atoms with E-state index in [1.54, 1.807) is 0 Å². The number of rotatable bonds is 4. The molecule has 0 radical (unpaired) electrons. The first-order valence-electron chi connectivity index (χ1n) is 5.25. The summed E-state index contributed by atoms with van der Waals surface area (Å²) in [6, 6.07) is 7.89. The smallest absolute Gasteiger partial charge is 0.237 e. The van der Waals surface area contributed by atoms with Crippen molar-refractivity contribution in [3.63, 3.8) is 0 Å². The Morgan fingerprint density at radius 3 is 2.40 bits per heavy atom. The predicted molar refractivity (Wildman–Crippen MR) is 67.5 cm³/mol. The van der Waals surface area contributed by atoms with Crippen LogP contribution in [-0.4, -0.2) is 11.2 Å². The molecule has 0 aliphatic carbocycles. The normalized spacial score (nSPS) is 12.2. The van der Waals surface area contributed by atoms with Gasteiger partial charge in [0.25, 0.3) is 0 Å². The van der Waals surface area contributed by atoms with Gasteiger partial charge in [0.1, 0.15) is 0 Å². The van der Waals surface area contributed by atoms with E-state index in [1.807, 2.05) is 31.2 Å². The maximum Gasteiger partial charge on any atom is 0.237 e. The van der Waals surface area contributed by atoms with Gasteiger partial charge in [0.15, 0.2) is 0 Å². The van der Waals surface area contributed by atoms with E-state index in [-0.39, 0.29) is 11.2 Å². The van der Waals surface area contributed by atoms with Crippen LogP contribution in [0.4, 0.5) is 5.69 Å². The standard InChI is InChI=1S/C12H17NOS/c1-3-9-5-7-10(8-6-9)13-12(14)11(15)4-2/h5-8,11,15H,3-4H2,1-2H3,(H,13,14). The van der Waals surface area contributed by atoms with Crippen molar-refractivity contribution in [1.82, 2.24) is 0 Å². The van der Waals surface area contributed by atoms with E-state index in [0.717, 1.165) is 18.5 Å². The van der Waals surface area contributed by atoms with Gasteiger partial charge >= 0.3 is 0 Å². The van der Waals surface area contributed by atoms with E-state index in [9.17, 15) is 4.79 Å². The average molecular weight is 223 g/mol. The molecule has 1 aromatic rings. The Kier molecular flexibility index (Phi) is 4.69. The van der Waals surface area contributed by atoms with Crippen LogP contribution in [0, 0.1) is 0 Å². The molecule has 0 saturated carbocycles. The molecular weight excluding hydrogens is 206 g/mol. The van der Waals surface area contributed by atoms with Crippen molar-refractivity contribution in [2.24, 2.45) is 0 Å². The van der Waals surface area contributed by atoms with Gasteiger partial charge in [-0.25, -0.2) is 0 Å². The van der Waals surface area contributed by atoms with Crippen molar-refractivity contribution in [3.05, 3.63) is 29.8 Å². The Morgan fingerprint density at radius 1 is 1.33 bits per heavy atom. The first-order chi connectivity index (χ1) is 7.17. The van der Waals surface area contributed by atoms with Gasteiger partial charge in [0.2, 0.25) is 5.91 Å². The third-order valence-electron chi connectivity index (χ3n) is 2.32. The number of carbonyl (C=O) groups excluding carboxylic acids is 1. The molecule has 1 N–H and O–H groups in total. The molecule has 1 amide bonds. The molecule has 0 saturated heterocycles. The number of hydrogen-bond acceptors (Lipinski definition) is 2. The SMILES string of the molecule is CCc1ccc(NC(=O)C(S)CC)cc1. The van der Waals surface area contributed by atoms with Crippen molar-refractivity contribution in [2.45, 2.75) is 31.9 Å². The topological polar surface area (TPSA) is 29.1 Å². The molecule has 0 fully saturated rings. The van der Waals surface area contributed by atoms with Gasteiger partial charge in [-0.15, -0.1) is 0 Å². The summed E-state index contributed by atoms with van der Waals surface area (Å²) in [6.45, 7) is 4.05. The summed E-state index contributed by atoms with van der Waals surface area (Å²) in [5, 5.41) is 2.60. The van der Waals surface area contributed by atoms with Crippen molar-refractivity contribution < 1.29 is 4.79 Å². The van der Waals surface area contributed by atoms with Crippen LogP contribution in [0.1, 0.15) is 25.8 Å². The van der Waals surface area contributed by atoms with E-state index in [0.29, 0.717) is 0 Å². The van der Waals surface area contributed by atoms with Gasteiger partial charge in [-0.3, -0.25) is 4.79 Å². The Balaban J connectivity index is 2.61. The van der Waals surface area contributed by atoms with Crippen molar-refractivity contribution >= 4 is 24.2 Å². The summed E-state index contributed by atoms with van der Waals surface area (Å²) in [5.41, 5.74) is 2.11. The molecule has 0 bridgehead atoms. The maximum atomic E-state index is 11.5. The van der Waals surface area contributed by atoms with Crippen molar-refractivity contribution in [3.8, 4) is 0 Å². The van der Waals surface area contributed by atoms with E-state index in [1.165, 1.54) is 5.56 Å². The van der Waals surface area contributed by atoms with Crippen LogP contribution in [0.3, 0.4) is 0 Å². The molecule has 0 aliphatic rings. The van der Waals surface area contributed by atoms with Crippen LogP contribution in [0.15, 0.2) is 24.3 Å². The minimum atomic E-state index is -0.226. The lowest BCUT2D eigenvalue weighted by Crippen LogP contribution is -2.22. The Morgan fingerprint density at radius 2 is 1.93 bits per heavy atom. The first kappa shape index (κ1) is 12.1. The lowest BCUT2D eigenvalue weighted by atomic mass is 10.1. The molecule has 15 heavy (non-hydrogen) atoms. The average Bonchev–Trinajstić information content (AvgIpc) is 2.29. The van der Waals surface area contributed by atoms with Gasteiger partial charge in [-0.05, 0) is 30.5 Å². The number of amides is 1. The molecule has 1 aromatic carbocycles. The Bertz CT molecular complexity index is 321. The number of hydrogen-bond donors (Lipinski definition) is 2. The Hall–Kier alpha value is -0.960. The van der Waals surface area contributed by atoms with Crippen LogP contribution in [0.25, 0.3) is 0 Å². The molecule has 3 heteroatoms. The van der Waals surface area contributed by atoms with E-state index in [2.05, 4.69) is 24.9 Å². The second-order valence-corrected chi connectivity index (χ2v) is 4.09. The molecule has 1 unspecified atom stereocenters. The van der Waals surface area contributed by atoms with Crippen LogP contribution in [-0.2, 0) is 11.2 Å². The molecule has 2 nitrogen and oxygen atoms in total. The fourth-order valence-corrected chi connectivity index (χ4v) is 1.30. The largest absolute Gasteiger partial charge is 0.325 e. The lowest BCUT2D eigenvalue weighted by Gasteiger charge is -2.09. The number of carbonyl (C=O) groups is 1. The molecule has 0 heterocycles. The zero-order valence-electron chi connectivity index (χ0n) is 9.16.